The summed E-state index contributed by atoms with van der Waals surface area (Å²) in [5.74, 6) is -0.592. The SMILES string of the molecule is CC(=O)NS(=O)(=O)c1ccc(C)cc1.[Na]. The van der Waals surface area contributed by atoms with E-state index >= 15 is 0 Å². The van der Waals surface area contributed by atoms with Crippen molar-refractivity contribution < 1.29 is 13.2 Å². The second-order valence-electron chi connectivity index (χ2n) is 2.97. The molecule has 0 heterocycles. The molecule has 0 aromatic heterocycles. The summed E-state index contributed by atoms with van der Waals surface area (Å²) in [6, 6.07) is 6.27. The van der Waals surface area contributed by atoms with E-state index in [4.69, 9.17) is 0 Å². The van der Waals surface area contributed by atoms with Gasteiger partial charge < -0.3 is 0 Å². The van der Waals surface area contributed by atoms with E-state index in [-0.39, 0.29) is 34.5 Å². The minimum Gasteiger partial charge on any atom is -0.274 e. The van der Waals surface area contributed by atoms with Crippen molar-refractivity contribution in [1.82, 2.24) is 4.72 Å². The van der Waals surface area contributed by atoms with Gasteiger partial charge in [-0.25, -0.2) is 13.1 Å². The predicted molar refractivity (Wildman–Crippen MR) is 57.9 cm³/mol. The van der Waals surface area contributed by atoms with Gasteiger partial charge in [0.05, 0.1) is 4.90 Å². The van der Waals surface area contributed by atoms with Crippen LogP contribution in [0.3, 0.4) is 0 Å². The van der Waals surface area contributed by atoms with Gasteiger partial charge in [-0.05, 0) is 19.1 Å². The van der Waals surface area contributed by atoms with Gasteiger partial charge in [-0.2, -0.15) is 0 Å². The normalized spacial score (nSPS) is 10.3. The fraction of sp³-hybridized carbons (Fsp3) is 0.222. The van der Waals surface area contributed by atoms with Gasteiger partial charge in [-0.15, -0.1) is 0 Å². The van der Waals surface area contributed by atoms with E-state index < -0.39 is 15.9 Å². The molecule has 77 valence electrons. The summed E-state index contributed by atoms with van der Waals surface area (Å²) in [5.41, 5.74) is 0.965. The van der Waals surface area contributed by atoms with Crippen molar-refractivity contribution in [2.45, 2.75) is 18.7 Å². The van der Waals surface area contributed by atoms with E-state index in [2.05, 4.69) is 0 Å². The zero-order valence-electron chi connectivity index (χ0n) is 8.94. The van der Waals surface area contributed by atoms with Gasteiger partial charge in [0.15, 0.2) is 0 Å². The number of amides is 1. The van der Waals surface area contributed by atoms with Gasteiger partial charge in [0.25, 0.3) is 10.0 Å². The second-order valence-corrected chi connectivity index (χ2v) is 4.66. The summed E-state index contributed by atoms with van der Waals surface area (Å²) >= 11 is 0. The number of benzene rings is 1. The molecule has 4 nitrogen and oxygen atoms in total. The van der Waals surface area contributed by atoms with Crippen molar-refractivity contribution in [2.24, 2.45) is 0 Å². The molecule has 0 saturated carbocycles. The maximum atomic E-state index is 11.4. The zero-order valence-corrected chi connectivity index (χ0v) is 11.8. The Hall–Kier alpha value is -0.360. The van der Waals surface area contributed by atoms with Crippen molar-refractivity contribution >= 4 is 45.5 Å². The molecule has 0 unspecified atom stereocenters. The molecule has 6 heteroatoms. The quantitative estimate of drug-likeness (QED) is 0.758. The predicted octanol–water partition coefficient (Wildman–Crippen LogP) is 0.439. The third-order valence-electron chi connectivity index (χ3n) is 1.61. The molecular weight excluding hydrogens is 225 g/mol. The summed E-state index contributed by atoms with van der Waals surface area (Å²) in [5, 5.41) is 0. The van der Waals surface area contributed by atoms with Crippen LogP contribution in [-0.2, 0) is 14.8 Å². The molecule has 0 atom stereocenters. The van der Waals surface area contributed by atoms with Crippen LogP contribution in [0.5, 0.6) is 0 Å². The van der Waals surface area contributed by atoms with E-state index in [0.29, 0.717) is 0 Å². The van der Waals surface area contributed by atoms with Crippen molar-refractivity contribution in [3.05, 3.63) is 29.8 Å². The summed E-state index contributed by atoms with van der Waals surface area (Å²) in [6.45, 7) is 3.01. The molecule has 0 saturated heterocycles. The van der Waals surface area contributed by atoms with Gasteiger partial charge >= 0.3 is 0 Å². The summed E-state index contributed by atoms with van der Waals surface area (Å²) < 4.78 is 24.7. The number of carbonyl (C=O) groups is 1. The standard InChI is InChI=1S/C9H11NO3S.Na/c1-7-3-5-9(6-4-7)14(12,13)10-8(2)11;/h3-6H,1-2H3,(H,10,11);. The fourth-order valence-electron chi connectivity index (χ4n) is 0.966. The molecule has 1 aromatic carbocycles. The van der Waals surface area contributed by atoms with Gasteiger partial charge in [0.1, 0.15) is 0 Å². The molecule has 1 amide bonds. The smallest absolute Gasteiger partial charge is 0.264 e. The Morgan fingerprint density at radius 2 is 1.67 bits per heavy atom. The number of hydrogen-bond acceptors (Lipinski definition) is 3. The first-order chi connectivity index (χ1) is 6.42. The molecule has 0 aliphatic heterocycles. The Balaban J connectivity index is 0.00000196. The first kappa shape index (κ1) is 14.6. The minimum atomic E-state index is -3.68. The van der Waals surface area contributed by atoms with Crippen molar-refractivity contribution in [1.29, 1.82) is 0 Å². The minimum absolute atomic E-state index is 0. The van der Waals surface area contributed by atoms with Crippen molar-refractivity contribution in [3.63, 3.8) is 0 Å². The van der Waals surface area contributed by atoms with Gasteiger partial charge in [0.2, 0.25) is 5.91 Å². The largest absolute Gasteiger partial charge is 0.274 e. The molecule has 1 aromatic rings. The average molecular weight is 236 g/mol. The van der Waals surface area contributed by atoms with E-state index in [1.807, 2.05) is 11.6 Å². The van der Waals surface area contributed by atoms with E-state index in [0.717, 1.165) is 12.5 Å². The summed E-state index contributed by atoms with van der Waals surface area (Å²) in [4.78, 5) is 10.7. The Kier molecular flexibility index (Phi) is 5.51. The second kappa shape index (κ2) is 5.65. The third kappa shape index (κ3) is 4.34. The topological polar surface area (TPSA) is 63.2 Å². The van der Waals surface area contributed by atoms with Gasteiger partial charge in [-0.1, -0.05) is 17.7 Å². The molecule has 0 bridgehead atoms. The van der Waals surface area contributed by atoms with Crippen LogP contribution in [0.1, 0.15) is 12.5 Å². The maximum absolute atomic E-state index is 11.4. The maximum Gasteiger partial charge on any atom is 0.264 e. The van der Waals surface area contributed by atoms with Gasteiger partial charge in [0, 0.05) is 36.5 Å². The first-order valence-electron chi connectivity index (χ1n) is 4.02. The molecular formula is C9H11NNaO3S. The van der Waals surface area contributed by atoms with Crippen LogP contribution in [0, 0.1) is 6.92 Å². The Labute approximate surface area is 111 Å². The van der Waals surface area contributed by atoms with Crippen LogP contribution < -0.4 is 4.72 Å². The van der Waals surface area contributed by atoms with Crippen LogP contribution in [0.4, 0.5) is 0 Å². The number of nitrogens with one attached hydrogen (secondary N) is 1. The van der Waals surface area contributed by atoms with Crippen LogP contribution in [0.15, 0.2) is 29.2 Å². The van der Waals surface area contributed by atoms with Crippen LogP contribution in [0.25, 0.3) is 0 Å². The Bertz CT molecular complexity index is 439. The molecule has 0 aliphatic rings. The average Bonchev–Trinajstić information content (AvgIpc) is 2.02. The van der Waals surface area contributed by atoms with Gasteiger partial charge in [-0.3, -0.25) is 4.79 Å². The monoisotopic (exact) mass is 236 g/mol. The number of sulfonamides is 1. The van der Waals surface area contributed by atoms with Crippen molar-refractivity contribution in [2.75, 3.05) is 0 Å². The molecule has 0 aliphatic carbocycles. The number of rotatable bonds is 2. The first-order valence-corrected chi connectivity index (χ1v) is 5.50. The fourth-order valence-corrected chi connectivity index (χ4v) is 1.96. The number of carbonyl (C=O) groups excluding carboxylic acids is 1. The molecule has 15 heavy (non-hydrogen) atoms. The summed E-state index contributed by atoms with van der Waals surface area (Å²) in [7, 11) is -3.68. The molecule has 0 spiro atoms. The van der Waals surface area contributed by atoms with Crippen LogP contribution in [0.2, 0.25) is 0 Å². The van der Waals surface area contributed by atoms with E-state index in [1.165, 1.54) is 12.1 Å². The Morgan fingerprint density at radius 1 is 1.20 bits per heavy atom. The van der Waals surface area contributed by atoms with Crippen LogP contribution >= 0.6 is 0 Å². The summed E-state index contributed by atoms with van der Waals surface area (Å²) in [6.07, 6.45) is 0. The molecule has 0 fully saturated rings. The zero-order chi connectivity index (χ0) is 10.8. The third-order valence-corrected chi connectivity index (χ3v) is 3.06. The van der Waals surface area contributed by atoms with E-state index in [1.54, 1.807) is 12.1 Å². The molecule has 1 N–H and O–H groups in total. The number of hydrogen-bond donors (Lipinski definition) is 1. The van der Waals surface area contributed by atoms with E-state index in [9.17, 15) is 13.2 Å². The number of aryl methyl sites for hydroxylation is 1. The molecule has 1 radical (unpaired) electrons. The Morgan fingerprint density at radius 3 is 2.07 bits per heavy atom. The van der Waals surface area contributed by atoms with Crippen LogP contribution in [-0.4, -0.2) is 43.9 Å². The van der Waals surface area contributed by atoms with Crippen molar-refractivity contribution in [3.8, 4) is 0 Å². The molecule has 1 rings (SSSR count).